The molecule has 0 amide bonds. The fourth-order valence-electron chi connectivity index (χ4n) is 2.45. The molecule has 0 aromatic heterocycles. The Morgan fingerprint density at radius 1 is 1.18 bits per heavy atom. The van der Waals surface area contributed by atoms with Gasteiger partial charge in [0.15, 0.2) is 6.10 Å². The van der Waals surface area contributed by atoms with Crippen LogP contribution in [0.3, 0.4) is 0 Å². The Morgan fingerprint density at radius 2 is 1.88 bits per heavy atom. The third-order valence-corrected chi connectivity index (χ3v) is 3.31. The molecule has 0 radical (unpaired) electrons. The van der Waals surface area contributed by atoms with Crippen molar-refractivity contribution >= 4 is 5.97 Å². The van der Waals surface area contributed by atoms with Crippen molar-refractivity contribution in [1.82, 2.24) is 0 Å². The molecule has 1 unspecified atom stereocenters. The van der Waals surface area contributed by atoms with E-state index in [0.717, 1.165) is 43.2 Å². The van der Waals surface area contributed by atoms with Gasteiger partial charge in [-0.25, -0.2) is 4.79 Å². The molecule has 0 fully saturated rings. The summed E-state index contributed by atoms with van der Waals surface area (Å²) in [6.07, 6.45) is 3.11. The van der Waals surface area contributed by atoms with Crippen LogP contribution in [0.1, 0.15) is 42.1 Å². The predicted octanol–water partition coefficient (Wildman–Crippen LogP) is 1.78. The third kappa shape index (κ3) is 2.26. The van der Waals surface area contributed by atoms with Crippen molar-refractivity contribution in [2.75, 3.05) is 0 Å². The Labute approximate surface area is 99.5 Å². The van der Waals surface area contributed by atoms with Crippen LogP contribution in [-0.4, -0.2) is 21.3 Å². The number of aryl methyl sites for hydroxylation is 1. The van der Waals surface area contributed by atoms with Gasteiger partial charge in [-0.1, -0.05) is 12.5 Å². The van der Waals surface area contributed by atoms with Crippen molar-refractivity contribution in [1.29, 1.82) is 0 Å². The highest BCUT2D eigenvalue weighted by Gasteiger charge is 2.25. The molecule has 0 heterocycles. The molecule has 4 heteroatoms. The Bertz CT molecular complexity index is 439. The van der Waals surface area contributed by atoms with Gasteiger partial charge in [0.2, 0.25) is 0 Å². The summed E-state index contributed by atoms with van der Waals surface area (Å²) >= 11 is 0. The molecular formula is C13H16O4. The number of hydrogen-bond acceptors (Lipinski definition) is 3. The summed E-state index contributed by atoms with van der Waals surface area (Å²) in [6.45, 7) is 0. The van der Waals surface area contributed by atoms with Crippen LogP contribution in [-0.2, 0) is 17.6 Å². The Morgan fingerprint density at radius 3 is 2.59 bits per heavy atom. The minimum atomic E-state index is -1.64. The minimum Gasteiger partial charge on any atom is -0.508 e. The number of carboxylic acid groups (broad SMARTS) is 1. The van der Waals surface area contributed by atoms with Gasteiger partial charge in [0.1, 0.15) is 5.75 Å². The second kappa shape index (κ2) is 4.75. The van der Waals surface area contributed by atoms with Gasteiger partial charge in [-0.3, -0.25) is 0 Å². The number of rotatable bonds is 2. The molecule has 1 atom stereocenters. The lowest BCUT2D eigenvalue weighted by molar-refractivity contribution is -0.147. The highest BCUT2D eigenvalue weighted by Crippen LogP contribution is 2.34. The molecule has 0 saturated heterocycles. The first kappa shape index (κ1) is 11.9. The minimum absolute atomic E-state index is 0.124. The van der Waals surface area contributed by atoms with Crippen LogP contribution in [0.15, 0.2) is 12.1 Å². The van der Waals surface area contributed by atoms with E-state index in [1.54, 1.807) is 0 Å². The predicted molar refractivity (Wildman–Crippen MR) is 62.0 cm³/mol. The number of fused-ring (bicyclic) bond motifs is 1. The zero-order valence-corrected chi connectivity index (χ0v) is 9.52. The lowest BCUT2D eigenvalue weighted by atomic mass is 9.93. The van der Waals surface area contributed by atoms with E-state index >= 15 is 0 Å². The summed E-state index contributed by atoms with van der Waals surface area (Å²) in [5, 5.41) is 28.3. The quantitative estimate of drug-likeness (QED) is 0.684. The third-order valence-electron chi connectivity index (χ3n) is 3.31. The number of phenols is 1. The number of aromatic hydroxyl groups is 1. The van der Waals surface area contributed by atoms with Gasteiger partial charge in [-0.05, 0) is 42.9 Å². The molecule has 0 saturated carbocycles. The largest absolute Gasteiger partial charge is 0.508 e. The van der Waals surface area contributed by atoms with Gasteiger partial charge in [0, 0.05) is 5.56 Å². The first-order valence-electron chi connectivity index (χ1n) is 5.85. The molecule has 1 aliphatic rings. The van der Waals surface area contributed by atoms with Gasteiger partial charge in [-0.15, -0.1) is 0 Å². The summed E-state index contributed by atoms with van der Waals surface area (Å²) < 4.78 is 0. The highest BCUT2D eigenvalue weighted by atomic mass is 16.4. The van der Waals surface area contributed by atoms with Crippen molar-refractivity contribution in [2.45, 2.75) is 38.2 Å². The molecule has 3 N–H and O–H groups in total. The first-order chi connectivity index (χ1) is 8.11. The standard InChI is InChI=1S/C13H16O4/c14-10-7-6-8-4-2-1-3-5-9(8)11(10)12(15)13(16)17/h6-7,12,14-15H,1-5H2,(H,16,17). The summed E-state index contributed by atoms with van der Waals surface area (Å²) in [6, 6.07) is 3.31. The average molecular weight is 236 g/mol. The van der Waals surface area contributed by atoms with Gasteiger partial charge < -0.3 is 15.3 Å². The smallest absolute Gasteiger partial charge is 0.337 e. The number of aliphatic carboxylic acids is 1. The van der Waals surface area contributed by atoms with Crippen LogP contribution in [0.4, 0.5) is 0 Å². The summed E-state index contributed by atoms with van der Waals surface area (Å²) in [4.78, 5) is 10.9. The molecule has 92 valence electrons. The molecule has 1 aromatic rings. The van der Waals surface area contributed by atoms with E-state index in [0.29, 0.717) is 0 Å². The van der Waals surface area contributed by atoms with E-state index in [2.05, 4.69) is 0 Å². The molecular weight excluding hydrogens is 220 g/mol. The van der Waals surface area contributed by atoms with Crippen LogP contribution < -0.4 is 0 Å². The number of carbonyl (C=O) groups is 1. The van der Waals surface area contributed by atoms with Gasteiger partial charge in [0.25, 0.3) is 0 Å². The lowest BCUT2D eigenvalue weighted by Crippen LogP contribution is -2.14. The molecule has 1 aromatic carbocycles. The topological polar surface area (TPSA) is 77.8 Å². The van der Waals surface area contributed by atoms with Gasteiger partial charge >= 0.3 is 5.97 Å². The molecule has 2 rings (SSSR count). The van der Waals surface area contributed by atoms with E-state index < -0.39 is 12.1 Å². The zero-order chi connectivity index (χ0) is 12.4. The number of aliphatic hydroxyl groups is 1. The van der Waals surface area contributed by atoms with Crippen LogP contribution >= 0.6 is 0 Å². The molecule has 0 spiro atoms. The Balaban J connectivity index is 2.52. The van der Waals surface area contributed by atoms with Crippen LogP contribution in [0.5, 0.6) is 5.75 Å². The Hall–Kier alpha value is -1.55. The molecule has 0 bridgehead atoms. The van der Waals surface area contributed by atoms with Crippen LogP contribution in [0.2, 0.25) is 0 Å². The second-order valence-corrected chi connectivity index (χ2v) is 4.44. The second-order valence-electron chi connectivity index (χ2n) is 4.44. The van der Waals surface area contributed by atoms with E-state index in [1.165, 1.54) is 6.07 Å². The number of hydrogen-bond donors (Lipinski definition) is 3. The van der Waals surface area contributed by atoms with Crippen molar-refractivity contribution < 1.29 is 20.1 Å². The Kier molecular flexibility index (Phi) is 3.33. The fourth-order valence-corrected chi connectivity index (χ4v) is 2.45. The molecule has 0 aliphatic heterocycles. The zero-order valence-electron chi connectivity index (χ0n) is 9.52. The van der Waals surface area contributed by atoms with Crippen LogP contribution in [0.25, 0.3) is 0 Å². The molecule has 17 heavy (non-hydrogen) atoms. The van der Waals surface area contributed by atoms with E-state index in [9.17, 15) is 15.0 Å². The van der Waals surface area contributed by atoms with E-state index in [4.69, 9.17) is 5.11 Å². The SMILES string of the molecule is O=C(O)C(O)c1c(O)ccc2c1CCCCC2. The summed E-state index contributed by atoms with van der Waals surface area (Å²) in [5.74, 6) is -1.45. The van der Waals surface area contributed by atoms with E-state index in [1.807, 2.05) is 6.07 Å². The van der Waals surface area contributed by atoms with Gasteiger partial charge in [-0.2, -0.15) is 0 Å². The number of phenolic OH excluding ortho intramolecular Hbond substituents is 1. The van der Waals surface area contributed by atoms with Gasteiger partial charge in [0.05, 0.1) is 0 Å². The number of carboxylic acids is 1. The number of aliphatic hydroxyl groups excluding tert-OH is 1. The maximum Gasteiger partial charge on any atom is 0.337 e. The van der Waals surface area contributed by atoms with Crippen molar-refractivity contribution in [2.24, 2.45) is 0 Å². The maximum atomic E-state index is 10.9. The van der Waals surface area contributed by atoms with Crippen molar-refractivity contribution in [3.8, 4) is 5.75 Å². The molecule has 4 nitrogen and oxygen atoms in total. The fraction of sp³-hybridized carbons (Fsp3) is 0.462. The summed E-state index contributed by atoms with van der Waals surface area (Å²) in [7, 11) is 0. The highest BCUT2D eigenvalue weighted by molar-refractivity contribution is 5.76. The van der Waals surface area contributed by atoms with E-state index in [-0.39, 0.29) is 11.3 Å². The first-order valence-corrected chi connectivity index (χ1v) is 5.85. The average Bonchev–Trinajstić information content (AvgIpc) is 2.53. The maximum absolute atomic E-state index is 10.9. The van der Waals surface area contributed by atoms with Crippen LogP contribution in [0, 0.1) is 0 Å². The van der Waals surface area contributed by atoms with Crippen molar-refractivity contribution in [3.63, 3.8) is 0 Å². The normalized spacial score (nSPS) is 17.0. The number of benzene rings is 1. The van der Waals surface area contributed by atoms with Crippen molar-refractivity contribution in [3.05, 3.63) is 28.8 Å². The molecule has 1 aliphatic carbocycles. The lowest BCUT2D eigenvalue weighted by Gasteiger charge is -2.16. The summed E-state index contributed by atoms with van der Waals surface area (Å²) in [5.41, 5.74) is 2.05. The monoisotopic (exact) mass is 236 g/mol.